The molecule has 16 heavy (non-hydrogen) atoms. The molecule has 0 aliphatic heterocycles. The summed E-state index contributed by atoms with van der Waals surface area (Å²) in [5, 5.41) is 2.97. The fraction of sp³-hybridized carbons (Fsp3) is 0.455. The molecule has 0 aliphatic rings. The number of alkyl halides is 3. The van der Waals surface area contributed by atoms with E-state index in [4.69, 9.17) is 0 Å². The molecule has 2 nitrogen and oxygen atoms in total. The van der Waals surface area contributed by atoms with E-state index in [-0.39, 0.29) is 6.61 Å². The Labute approximate surface area is 92.4 Å². The van der Waals surface area contributed by atoms with Gasteiger partial charge in [-0.15, -0.1) is 0 Å². The Bertz CT molecular complexity index is 308. The summed E-state index contributed by atoms with van der Waals surface area (Å²) < 4.78 is 39.6. The van der Waals surface area contributed by atoms with Crippen LogP contribution in [0.15, 0.2) is 24.3 Å². The third-order valence-electron chi connectivity index (χ3n) is 1.89. The van der Waals surface area contributed by atoms with Crippen molar-refractivity contribution in [3.63, 3.8) is 0 Å². The van der Waals surface area contributed by atoms with Gasteiger partial charge in [0.2, 0.25) is 0 Å². The van der Waals surface area contributed by atoms with Crippen LogP contribution in [0.3, 0.4) is 0 Å². The van der Waals surface area contributed by atoms with Gasteiger partial charge < -0.3 is 10.1 Å². The van der Waals surface area contributed by atoms with Gasteiger partial charge in [0.1, 0.15) is 6.61 Å². The zero-order valence-corrected chi connectivity index (χ0v) is 8.97. The second kappa shape index (κ2) is 5.75. The zero-order chi connectivity index (χ0) is 12.0. The zero-order valence-electron chi connectivity index (χ0n) is 8.97. The lowest BCUT2D eigenvalue weighted by Gasteiger charge is -2.09. The van der Waals surface area contributed by atoms with Crippen LogP contribution in [0.25, 0.3) is 0 Å². The quantitative estimate of drug-likeness (QED) is 0.789. The standard InChI is InChI=1S/C11H14F3NO/c1-9-2-4-10(5-3-9)15-6-7-16-8-11(12,13)14/h2-5,15H,6-8H2,1H3. The Kier molecular flexibility index (Phi) is 4.61. The summed E-state index contributed by atoms with van der Waals surface area (Å²) in [5.41, 5.74) is 2.01. The van der Waals surface area contributed by atoms with Crippen molar-refractivity contribution >= 4 is 5.69 Å². The number of ether oxygens (including phenoxy) is 1. The number of aryl methyl sites for hydroxylation is 1. The number of nitrogens with one attached hydrogen (secondary N) is 1. The molecule has 0 unspecified atom stereocenters. The largest absolute Gasteiger partial charge is 0.411 e. The Hall–Kier alpha value is -1.23. The van der Waals surface area contributed by atoms with E-state index in [1.54, 1.807) is 0 Å². The molecule has 0 spiro atoms. The molecule has 0 bridgehead atoms. The molecule has 0 fully saturated rings. The molecule has 5 heteroatoms. The van der Waals surface area contributed by atoms with Crippen molar-refractivity contribution in [3.05, 3.63) is 29.8 Å². The summed E-state index contributed by atoms with van der Waals surface area (Å²) in [6.45, 7) is 1.17. The van der Waals surface area contributed by atoms with Crippen molar-refractivity contribution in [2.75, 3.05) is 25.1 Å². The number of rotatable bonds is 5. The minimum Gasteiger partial charge on any atom is -0.383 e. The predicted octanol–water partition coefficient (Wildman–Crippen LogP) is 2.99. The summed E-state index contributed by atoms with van der Waals surface area (Å²) >= 11 is 0. The Balaban J connectivity index is 2.14. The fourth-order valence-electron chi connectivity index (χ4n) is 1.13. The Morgan fingerprint density at radius 1 is 1.19 bits per heavy atom. The highest BCUT2D eigenvalue weighted by Gasteiger charge is 2.27. The summed E-state index contributed by atoms with van der Waals surface area (Å²) in [6, 6.07) is 7.61. The molecule has 90 valence electrons. The second-order valence-corrected chi connectivity index (χ2v) is 3.46. The lowest BCUT2D eigenvalue weighted by molar-refractivity contribution is -0.172. The highest BCUT2D eigenvalue weighted by Crippen LogP contribution is 2.14. The van der Waals surface area contributed by atoms with Gasteiger partial charge in [-0.2, -0.15) is 13.2 Å². The minimum atomic E-state index is -4.25. The lowest BCUT2D eigenvalue weighted by Crippen LogP contribution is -2.20. The summed E-state index contributed by atoms with van der Waals surface area (Å²) in [4.78, 5) is 0. The Morgan fingerprint density at radius 2 is 1.81 bits per heavy atom. The van der Waals surface area contributed by atoms with Crippen LogP contribution >= 0.6 is 0 Å². The molecule has 0 radical (unpaired) electrons. The van der Waals surface area contributed by atoms with Crippen LogP contribution in [0.4, 0.5) is 18.9 Å². The molecule has 1 aromatic carbocycles. The Morgan fingerprint density at radius 3 is 2.38 bits per heavy atom. The second-order valence-electron chi connectivity index (χ2n) is 3.46. The van der Waals surface area contributed by atoms with E-state index in [1.807, 2.05) is 31.2 Å². The van der Waals surface area contributed by atoms with Gasteiger partial charge in [0, 0.05) is 12.2 Å². The average Bonchev–Trinajstić information content (AvgIpc) is 2.19. The normalized spacial score (nSPS) is 11.5. The van der Waals surface area contributed by atoms with E-state index < -0.39 is 12.8 Å². The SMILES string of the molecule is Cc1ccc(NCCOCC(F)(F)F)cc1. The average molecular weight is 233 g/mol. The molecule has 1 N–H and O–H groups in total. The van der Waals surface area contributed by atoms with Crippen molar-refractivity contribution in [2.45, 2.75) is 13.1 Å². The molecule has 0 atom stereocenters. The minimum absolute atomic E-state index is 0.0351. The first-order valence-electron chi connectivity index (χ1n) is 4.92. The summed E-state index contributed by atoms with van der Waals surface area (Å²) in [6.07, 6.45) is -4.25. The lowest BCUT2D eigenvalue weighted by atomic mass is 10.2. The predicted molar refractivity (Wildman–Crippen MR) is 56.5 cm³/mol. The van der Waals surface area contributed by atoms with Gasteiger partial charge in [0.15, 0.2) is 0 Å². The van der Waals surface area contributed by atoms with Crippen LogP contribution in [0.1, 0.15) is 5.56 Å². The van der Waals surface area contributed by atoms with E-state index in [1.165, 1.54) is 0 Å². The van der Waals surface area contributed by atoms with Crippen molar-refractivity contribution in [2.24, 2.45) is 0 Å². The van der Waals surface area contributed by atoms with Gasteiger partial charge in [-0.25, -0.2) is 0 Å². The van der Waals surface area contributed by atoms with Crippen LogP contribution < -0.4 is 5.32 Å². The van der Waals surface area contributed by atoms with E-state index in [0.717, 1.165) is 11.3 Å². The molecule has 0 aliphatic carbocycles. The number of benzene rings is 1. The third kappa shape index (κ3) is 5.60. The van der Waals surface area contributed by atoms with Gasteiger partial charge >= 0.3 is 6.18 Å². The van der Waals surface area contributed by atoms with Gasteiger partial charge in [0.05, 0.1) is 6.61 Å². The number of halogens is 3. The van der Waals surface area contributed by atoms with Crippen molar-refractivity contribution in [1.29, 1.82) is 0 Å². The van der Waals surface area contributed by atoms with E-state index >= 15 is 0 Å². The summed E-state index contributed by atoms with van der Waals surface area (Å²) in [7, 11) is 0. The molecule has 1 aromatic rings. The van der Waals surface area contributed by atoms with Gasteiger partial charge in [-0.3, -0.25) is 0 Å². The van der Waals surface area contributed by atoms with Crippen LogP contribution in [0, 0.1) is 6.92 Å². The highest BCUT2D eigenvalue weighted by atomic mass is 19.4. The topological polar surface area (TPSA) is 21.3 Å². The molecular weight excluding hydrogens is 219 g/mol. The van der Waals surface area contributed by atoms with E-state index in [9.17, 15) is 13.2 Å². The maximum absolute atomic E-state index is 11.7. The van der Waals surface area contributed by atoms with Crippen molar-refractivity contribution < 1.29 is 17.9 Å². The van der Waals surface area contributed by atoms with Crippen LogP contribution in [-0.4, -0.2) is 25.9 Å². The molecule has 0 aromatic heterocycles. The first-order valence-corrected chi connectivity index (χ1v) is 4.92. The maximum Gasteiger partial charge on any atom is 0.411 e. The molecule has 0 saturated carbocycles. The third-order valence-corrected chi connectivity index (χ3v) is 1.89. The number of hydrogen-bond acceptors (Lipinski definition) is 2. The molecule has 0 heterocycles. The van der Waals surface area contributed by atoms with Crippen molar-refractivity contribution in [3.8, 4) is 0 Å². The van der Waals surface area contributed by atoms with Crippen molar-refractivity contribution in [1.82, 2.24) is 0 Å². The highest BCUT2D eigenvalue weighted by molar-refractivity contribution is 5.44. The van der Waals surface area contributed by atoms with Crippen LogP contribution in [-0.2, 0) is 4.74 Å². The van der Waals surface area contributed by atoms with Gasteiger partial charge in [-0.05, 0) is 19.1 Å². The molecule has 0 amide bonds. The van der Waals surface area contributed by atoms with Gasteiger partial charge in [0.25, 0.3) is 0 Å². The van der Waals surface area contributed by atoms with Crippen LogP contribution in [0.5, 0.6) is 0 Å². The monoisotopic (exact) mass is 233 g/mol. The molecule has 1 rings (SSSR count). The molecule has 0 saturated heterocycles. The molecular formula is C11H14F3NO. The van der Waals surface area contributed by atoms with Crippen LogP contribution in [0.2, 0.25) is 0 Å². The van der Waals surface area contributed by atoms with Gasteiger partial charge in [-0.1, -0.05) is 17.7 Å². The number of hydrogen-bond donors (Lipinski definition) is 1. The smallest absolute Gasteiger partial charge is 0.383 e. The first-order chi connectivity index (χ1) is 7.47. The summed E-state index contributed by atoms with van der Waals surface area (Å²) in [5.74, 6) is 0. The first kappa shape index (κ1) is 12.8. The number of anilines is 1. The fourth-order valence-corrected chi connectivity index (χ4v) is 1.13. The maximum atomic E-state index is 11.7. The van der Waals surface area contributed by atoms with E-state index in [2.05, 4.69) is 10.1 Å². The van der Waals surface area contributed by atoms with E-state index in [0.29, 0.717) is 6.54 Å².